The van der Waals surface area contributed by atoms with Crippen molar-refractivity contribution in [3.05, 3.63) is 0 Å². The average molecular weight is 156 g/mol. The van der Waals surface area contributed by atoms with Gasteiger partial charge in [-0.1, -0.05) is 34.6 Å². The number of Topliss-reactive ketones (excluding diaryl/α,β-unsaturated/α-hetero) is 1. The van der Waals surface area contributed by atoms with Crippen LogP contribution in [-0.2, 0) is 4.79 Å². The van der Waals surface area contributed by atoms with Crippen LogP contribution in [0.4, 0.5) is 0 Å². The van der Waals surface area contributed by atoms with Crippen LogP contribution in [0.5, 0.6) is 0 Å². The van der Waals surface area contributed by atoms with Crippen LogP contribution < -0.4 is 0 Å². The number of carbonyl (C=O) groups excluding carboxylic acids is 1. The fourth-order valence-corrected chi connectivity index (χ4v) is 1.19. The molecule has 0 aliphatic heterocycles. The molecule has 66 valence electrons. The molecule has 0 aromatic carbocycles. The van der Waals surface area contributed by atoms with Crippen LogP contribution in [0.2, 0.25) is 0 Å². The Kier molecular flexibility index (Phi) is 4.39. The lowest BCUT2D eigenvalue weighted by molar-refractivity contribution is -0.123. The zero-order chi connectivity index (χ0) is 9.02. The molecule has 0 aliphatic carbocycles. The Morgan fingerprint density at radius 2 is 1.64 bits per heavy atom. The minimum atomic E-state index is 0.236. The fraction of sp³-hybridized carbons (Fsp3) is 0.900. The summed E-state index contributed by atoms with van der Waals surface area (Å²) in [5.74, 6) is 1.76. The third-order valence-electron chi connectivity index (χ3n) is 2.70. The smallest absolute Gasteiger partial charge is 0.135 e. The standard InChI is InChI=1S/C10H20O/c1-6-10(11)9(5)8(4)7(2)3/h7-9H,6H2,1-5H3. The van der Waals surface area contributed by atoms with E-state index in [0.717, 1.165) is 0 Å². The zero-order valence-electron chi connectivity index (χ0n) is 8.35. The van der Waals surface area contributed by atoms with Crippen molar-refractivity contribution in [3.63, 3.8) is 0 Å². The predicted octanol–water partition coefficient (Wildman–Crippen LogP) is 2.89. The molecule has 0 aliphatic rings. The summed E-state index contributed by atoms with van der Waals surface area (Å²) in [4.78, 5) is 11.3. The first kappa shape index (κ1) is 10.7. The Morgan fingerprint density at radius 3 is 1.91 bits per heavy atom. The number of carbonyl (C=O) groups is 1. The maximum absolute atomic E-state index is 11.3. The van der Waals surface area contributed by atoms with E-state index in [2.05, 4.69) is 20.8 Å². The minimum Gasteiger partial charge on any atom is -0.299 e. The molecule has 0 bridgehead atoms. The lowest BCUT2D eigenvalue weighted by atomic mass is 9.83. The summed E-state index contributed by atoms with van der Waals surface area (Å²) in [5, 5.41) is 0. The highest BCUT2D eigenvalue weighted by molar-refractivity contribution is 5.80. The molecule has 0 aromatic heterocycles. The summed E-state index contributed by atoms with van der Waals surface area (Å²) in [7, 11) is 0. The molecule has 0 radical (unpaired) electrons. The van der Waals surface area contributed by atoms with Gasteiger partial charge < -0.3 is 0 Å². The van der Waals surface area contributed by atoms with Crippen molar-refractivity contribution in [2.24, 2.45) is 17.8 Å². The van der Waals surface area contributed by atoms with Crippen molar-refractivity contribution in [3.8, 4) is 0 Å². The van der Waals surface area contributed by atoms with Crippen LogP contribution in [0, 0.1) is 17.8 Å². The highest BCUT2D eigenvalue weighted by atomic mass is 16.1. The van der Waals surface area contributed by atoms with E-state index in [9.17, 15) is 4.79 Å². The van der Waals surface area contributed by atoms with Gasteiger partial charge in [-0.15, -0.1) is 0 Å². The Hall–Kier alpha value is -0.330. The monoisotopic (exact) mass is 156 g/mol. The molecule has 0 amide bonds. The lowest BCUT2D eigenvalue weighted by Gasteiger charge is -2.21. The van der Waals surface area contributed by atoms with Crippen molar-refractivity contribution >= 4 is 5.78 Å². The summed E-state index contributed by atoms with van der Waals surface area (Å²) in [6.07, 6.45) is 0.679. The molecule has 0 rings (SSSR count). The summed E-state index contributed by atoms with van der Waals surface area (Å²) >= 11 is 0. The predicted molar refractivity (Wildman–Crippen MR) is 48.5 cm³/mol. The molecular formula is C10H20O. The molecule has 1 heteroatoms. The third kappa shape index (κ3) is 3.04. The van der Waals surface area contributed by atoms with E-state index in [0.29, 0.717) is 24.0 Å². The number of ketones is 1. The molecular weight excluding hydrogens is 136 g/mol. The van der Waals surface area contributed by atoms with Gasteiger partial charge in [0.15, 0.2) is 0 Å². The zero-order valence-corrected chi connectivity index (χ0v) is 8.35. The Morgan fingerprint density at radius 1 is 1.18 bits per heavy atom. The van der Waals surface area contributed by atoms with Crippen molar-refractivity contribution in [1.29, 1.82) is 0 Å². The molecule has 11 heavy (non-hydrogen) atoms. The number of hydrogen-bond acceptors (Lipinski definition) is 1. The normalized spacial score (nSPS) is 16.5. The van der Waals surface area contributed by atoms with Gasteiger partial charge in [-0.25, -0.2) is 0 Å². The molecule has 2 unspecified atom stereocenters. The maximum atomic E-state index is 11.3. The summed E-state index contributed by atoms with van der Waals surface area (Å²) in [6.45, 7) is 10.5. The van der Waals surface area contributed by atoms with E-state index in [1.165, 1.54) is 0 Å². The summed E-state index contributed by atoms with van der Waals surface area (Å²) < 4.78 is 0. The van der Waals surface area contributed by atoms with Crippen LogP contribution in [-0.4, -0.2) is 5.78 Å². The molecule has 1 nitrogen and oxygen atoms in total. The molecule has 0 saturated heterocycles. The largest absolute Gasteiger partial charge is 0.299 e. The molecule has 0 aromatic rings. The van der Waals surface area contributed by atoms with Crippen molar-refractivity contribution in [2.45, 2.75) is 41.0 Å². The van der Waals surface area contributed by atoms with E-state index in [1.807, 2.05) is 13.8 Å². The SMILES string of the molecule is CCC(=O)C(C)C(C)C(C)C. The molecule has 0 spiro atoms. The van der Waals surface area contributed by atoms with Crippen LogP contribution in [0.3, 0.4) is 0 Å². The van der Waals surface area contributed by atoms with Gasteiger partial charge in [-0.05, 0) is 11.8 Å². The van der Waals surface area contributed by atoms with Crippen LogP contribution in [0.15, 0.2) is 0 Å². The second-order valence-corrected chi connectivity index (χ2v) is 3.71. The highest BCUT2D eigenvalue weighted by Crippen LogP contribution is 2.21. The molecule has 0 N–H and O–H groups in total. The highest BCUT2D eigenvalue weighted by Gasteiger charge is 2.20. The first-order chi connectivity index (χ1) is 5.00. The Bertz CT molecular complexity index is 127. The van der Waals surface area contributed by atoms with E-state index in [1.54, 1.807) is 0 Å². The number of rotatable bonds is 4. The van der Waals surface area contributed by atoms with Crippen molar-refractivity contribution in [1.82, 2.24) is 0 Å². The van der Waals surface area contributed by atoms with Gasteiger partial charge in [-0.2, -0.15) is 0 Å². The van der Waals surface area contributed by atoms with Crippen LogP contribution >= 0.6 is 0 Å². The van der Waals surface area contributed by atoms with E-state index >= 15 is 0 Å². The minimum absolute atomic E-state index is 0.236. The quantitative estimate of drug-likeness (QED) is 0.611. The summed E-state index contributed by atoms with van der Waals surface area (Å²) in [5.41, 5.74) is 0. The van der Waals surface area contributed by atoms with E-state index in [-0.39, 0.29) is 5.92 Å². The molecule has 0 saturated carbocycles. The number of hydrogen-bond donors (Lipinski definition) is 0. The van der Waals surface area contributed by atoms with Crippen molar-refractivity contribution in [2.75, 3.05) is 0 Å². The first-order valence-electron chi connectivity index (χ1n) is 4.53. The maximum Gasteiger partial charge on any atom is 0.135 e. The van der Waals surface area contributed by atoms with Gasteiger partial charge in [0.1, 0.15) is 5.78 Å². The van der Waals surface area contributed by atoms with Crippen LogP contribution in [0.1, 0.15) is 41.0 Å². The lowest BCUT2D eigenvalue weighted by Crippen LogP contribution is -2.21. The second kappa shape index (κ2) is 4.53. The van der Waals surface area contributed by atoms with Crippen molar-refractivity contribution < 1.29 is 4.79 Å². The Labute approximate surface area is 70.2 Å². The fourth-order valence-electron chi connectivity index (χ4n) is 1.19. The van der Waals surface area contributed by atoms with Gasteiger partial charge in [0, 0.05) is 12.3 Å². The van der Waals surface area contributed by atoms with E-state index in [4.69, 9.17) is 0 Å². The summed E-state index contributed by atoms with van der Waals surface area (Å²) in [6, 6.07) is 0. The van der Waals surface area contributed by atoms with E-state index < -0.39 is 0 Å². The second-order valence-electron chi connectivity index (χ2n) is 3.71. The topological polar surface area (TPSA) is 17.1 Å². The average Bonchev–Trinajstić information content (AvgIpc) is 2.00. The van der Waals surface area contributed by atoms with Gasteiger partial charge in [0.2, 0.25) is 0 Å². The molecule has 0 fully saturated rings. The Balaban J connectivity index is 4.01. The van der Waals surface area contributed by atoms with Gasteiger partial charge in [0.25, 0.3) is 0 Å². The molecule has 2 atom stereocenters. The molecule has 0 heterocycles. The van der Waals surface area contributed by atoms with Gasteiger partial charge >= 0.3 is 0 Å². The van der Waals surface area contributed by atoms with Gasteiger partial charge in [0.05, 0.1) is 0 Å². The van der Waals surface area contributed by atoms with Crippen LogP contribution in [0.25, 0.3) is 0 Å². The van der Waals surface area contributed by atoms with Gasteiger partial charge in [-0.3, -0.25) is 4.79 Å². The first-order valence-corrected chi connectivity index (χ1v) is 4.53. The third-order valence-corrected chi connectivity index (χ3v) is 2.70.